The van der Waals surface area contributed by atoms with Crippen molar-refractivity contribution in [2.24, 2.45) is 0 Å². The first kappa shape index (κ1) is 11.2. The molecule has 1 N–H and O–H groups in total. The molecule has 1 rings (SSSR count). The molecule has 0 atom stereocenters. The van der Waals surface area contributed by atoms with Crippen molar-refractivity contribution in [2.75, 3.05) is 0 Å². The van der Waals surface area contributed by atoms with E-state index in [1.54, 1.807) is 13.0 Å². The Balaban J connectivity index is 3.11. The average Bonchev–Trinajstić information content (AvgIpc) is 2.10. The van der Waals surface area contributed by atoms with Crippen LogP contribution in [0.1, 0.15) is 16.7 Å². The molecule has 0 bridgehead atoms. The first-order valence-corrected chi connectivity index (χ1v) is 5.22. The van der Waals surface area contributed by atoms with Crippen LogP contribution in [-0.4, -0.2) is 11.1 Å². The van der Waals surface area contributed by atoms with Crippen LogP contribution < -0.4 is 0 Å². The number of benzene rings is 1. The maximum absolute atomic E-state index is 13.4. The number of aryl methyl sites for hydroxylation is 1. The predicted octanol–water partition coefficient (Wildman–Crippen LogP) is 2.66. The minimum Gasteiger partial charge on any atom is -0.481 e. The molecule has 0 amide bonds. The monoisotopic (exact) mass is 260 g/mol. The molecule has 1 aromatic carbocycles. The largest absolute Gasteiger partial charge is 0.481 e. The van der Waals surface area contributed by atoms with E-state index in [9.17, 15) is 9.18 Å². The van der Waals surface area contributed by atoms with Gasteiger partial charge in [0.2, 0.25) is 0 Å². The van der Waals surface area contributed by atoms with Crippen LogP contribution in [0.15, 0.2) is 12.1 Å². The molecule has 0 saturated heterocycles. The highest BCUT2D eigenvalue weighted by atomic mass is 79.9. The number of rotatable bonds is 3. The Hall–Kier alpha value is -0.900. The number of carbonyl (C=O) groups is 1. The first-order valence-electron chi connectivity index (χ1n) is 4.10. The van der Waals surface area contributed by atoms with Crippen LogP contribution in [0.2, 0.25) is 0 Å². The lowest BCUT2D eigenvalue weighted by molar-refractivity contribution is -0.136. The third-order valence-corrected chi connectivity index (χ3v) is 2.61. The average molecular weight is 261 g/mol. The summed E-state index contributed by atoms with van der Waals surface area (Å²) in [5, 5.41) is 9.13. The van der Waals surface area contributed by atoms with E-state index >= 15 is 0 Å². The number of hydrogen-bond donors (Lipinski definition) is 1. The highest BCUT2D eigenvalue weighted by Crippen LogP contribution is 2.18. The Kier molecular flexibility index (Phi) is 3.63. The van der Waals surface area contributed by atoms with E-state index < -0.39 is 11.8 Å². The topological polar surface area (TPSA) is 37.3 Å². The second-order valence-corrected chi connectivity index (χ2v) is 3.64. The molecule has 0 radical (unpaired) electrons. The zero-order valence-electron chi connectivity index (χ0n) is 7.68. The summed E-state index contributed by atoms with van der Waals surface area (Å²) in [5.41, 5.74) is 1.76. The van der Waals surface area contributed by atoms with Crippen LogP contribution in [0.3, 0.4) is 0 Å². The lowest BCUT2D eigenvalue weighted by Gasteiger charge is -2.06. The molecule has 4 heteroatoms. The van der Waals surface area contributed by atoms with Gasteiger partial charge in [-0.15, -0.1) is 0 Å². The van der Waals surface area contributed by atoms with E-state index in [1.807, 2.05) is 0 Å². The third kappa shape index (κ3) is 2.54. The Bertz CT molecular complexity index is 340. The van der Waals surface area contributed by atoms with Gasteiger partial charge < -0.3 is 5.11 Å². The molecule has 0 aliphatic carbocycles. The Morgan fingerprint density at radius 3 is 2.64 bits per heavy atom. The Morgan fingerprint density at radius 2 is 2.21 bits per heavy atom. The van der Waals surface area contributed by atoms with E-state index in [0.29, 0.717) is 10.9 Å². The number of alkyl halides is 1. The molecule has 76 valence electrons. The van der Waals surface area contributed by atoms with Crippen molar-refractivity contribution in [2.45, 2.75) is 18.7 Å². The normalized spacial score (nSPS) is 10.2. The number of carboxylic acid groups (broad SMARTS) is 1. The van der Waals surface area contributed by atoms with Gasteiger partial charge in [-0.05, 0) is 24.1 Å². The van der Waals surface area contributed by atoms with Crippen LogP contribution in [0, 0.1) is 12.7 Å². The van der Waals surface area contributed by atoms with Crippen LogP contribution >= 0.6 is 15.9 Å². The quantitative estimate of drug-likeness (QED) is 0.849. The van der Waals surface area contributed by atoms with Crippen molar-refractivity contribution in [3.63, 3.8) is 0 Å². The summed E-state index contributed by atoms with van der Waals surface area (Å²) >= 11 is 3.22. The molecular weight excluding hydrogens is 251 g/mol. The van der Waals surface area contributed by atoms with Gasteiger partial charge in [0.05, 0.1) is 6.42 Å². The molecule has 0 saturated carbocycles. The Morgan fingerprint density at radius 1 is 1.57 bits per heavy atom. The van der Waals surface area contributed by atoms with Crippen molar-refractivity contribution < 1.29 is 14.3 Å². The summed E-state index contributed by atoms with van der Waals surface area (Å²) in [5.74, 6) is -1.46. The van der Waals surface area contributed by atoms with Gasteiger partial charge in [0.25, 0.3) is 0 Å². The highest BCUT2D eigenvalue weighted by Gasteiger charge is 2.10. The number of halogens is 2. The molecule has 0 aliphatic heterocycles. The summed E-state index contributed by atoms with van der Waals surface area (Å²) in [6.45, 7) is 1.72. The van der Waals surface area contributed by atoms with E-state index in [-0.39, 0.29) is 12.0 Å². The maximum atomic E-state index is 13.4. The lowest BCUT2D eigenvalue weighted by Crippen LogP contribution is -2.05. The van der Waals surface area contributed by atoms with E-state index in [1.165, 1.54) is 6.07 Å². The van der Waals surface area contributed by atoms with Gasteiger partial charge in [-0.1, -0.05) is 22.0 Å². The van der Waals surface area contributed by atoms with Gasteiger partial charge in [0, 0.05) is 10.9 Å². The van der Waals surface area contributed by atoms with Gasteiger partial charge in [0.1, 0.15) is 5.82 Å². The van der Waals surface area contributed by atoms with Crippen molar-refractivity contribution in [1.29, 1.82) is 0 Å². The predicted molar refractivity (Wildman–Crippen MR) is 55.1 cm³/mol. The molecule has 0 heterocycles. The fourth-order valence-electron chi connectivity index (χ4n) is 1.30. The van der Waals surface area contributed by atoms with Crippen molar-refractivity contribution in [1.82, 2.24) is 0 Å². The van der Waals surface area contributed by atoms with Crippen LogP contribution in [0.4, 0.5) is 4.39 Å². The summed E-state index contributed by atoms with van der Waals surface area (Å²) in [6.07, 6.45) is -0.264. The van der Waals surface area contributed by atoms with Crippen molar-refractivity contribution in [3.8, 4) is 0 Å². The summed E-state index contributed by atoms with van der Waals surface area (Å²) in [7, 11) is 0. The van der Waals surface area contributed by atoms with Gasteiger partial charge in [-0.2, -0.15) is 0 Å². The first-order chi connectivity index (χ1) is 6.54. The number of aliphatic carboxylic acids is 1. The van der Waals surface area contributed by atoms with Crippen molar-refractivity contribution >= 4 is 21.9 Å². The molecule has 0 fully saturated rings. The molecule has 0 spiro atoms. The summed E-state index contributed by atoms with van der Waals surface area (Å²) in [6, 6.07) is 3.15. The summed E-state index contributed by atoms with van der Waals surface area (Å²) < 4.78 is 13.4. The maximum Gasteiger partial charge on any atom is 0.307 e. The van der Waals surface area contributed by atoms with Crippen molar-refractivity contribution in [3.05, 3.63) is 34.6 Å². The minimum absolute atomic E-state index is 0.264. The zero-order valence-corrected chi connectivity index (χ0v) is 9.27. The SMILES string of the molecule is Cc1cc(CBr)cc(F)c1CC(=O)O. The van der Waals surface area contributed by atoms with Gasteiger partial charge >= 0.3 is 5.97 Å². The lowest BCUT2D eigenvalue weighted by atomic mass is 10.0. The molecular formula is C10H10BrFO2. The van der Waals surface area contributed by atoms with E-state index in [2.05, 4.69) is 15.9 Å². The van der Waals surface area contributed by atoms with Gasteiger partial charge in [-0.25, -0.2) is 4.39 Å². The molecule has 0 unspecified atom stereocenters. The van der Waals surface area contributed by atoms with E-state index in [0.717, 1.165) is 5.56 Å². The van der Waals surface area contributed by atoms with Crippen LogP contribution in [0.25, 0.3) is 0 Å². The molecule has 0 aromatic heterocycles. The molecule has 14 heavy (non-hydrogen) atoms. The fourth-order valence-corrected chi connectivity index (χ4v) is 1.62. The number of carboxylic acids is 1. The fraction of sp³-hybridized carbons (Fsp3) is 0.300. The zero-order chi connectivity index (χ0) is 10.7. The van der Waals surface area contributed by atoms with Crippen LogP contribution in [0.5, 0.6) is 0 Å². The second-order valence-electron chi connectivity index (χ2n) is 3.08. The second kappa shape index (κ2) is 4.55. The van der Waals surface area contributed by atoms with Gasteiger partial charge in [0.15, 0.2) is 0 Å². The van der Waals surface area contributed by atoms with Gasteiger partial charge in [-0.3, -0.25) is 4.79 Å². The smallest absolute Gasteiger partial charge is 0.307 e. The standard InChI is InChI=1S/C10H10BrFO2/c1-6-2-7(5-11)3-9(12)8(6)4-10(13)14/h2-3H,4-5H2,1H3,(H,13,14). The summed E-state index contributed by atoms with van der Waals surface area (Å²) in [4.78, 5) is 10.5. The molecule has 0 aliphatic rings. The highest BCUT2D eigenvalue weighted by molar-refractivity contribution is 9.08. The molecule has 2 nitrogen and oxygen atoms in total. The van der Waals surface area contributed by atoms with E-state index in [4.69, 9.17) is 5.11 Å². The minimum atomic E-state index is -1.02. The third-order valence-electron chi connectivity index (χ3n) is 1.96. The Labute approximate surface area is 89.9 Å². The number of hydrogen-bond acceptors (Lipinski definition) is 1. The molecule has 1 aromatic rings. The van der Waals surface area contributed by atoms with Crippen LogP contribution in [-0.2, 0) is 16.5 Å².